The quantitative estimate of drug-likeness (QED) is 0.739. The molecule has 0 radical (unpaired) electrons. The van der Waals surface area contributed by atoms with Gasteiger partial charge in [-0.25, -0.2) is 0 Å². The Kier molecular flexibility index (Phi) is 4.67. The monoisotopic (exact) mass is 270 g/mol. The van der Waals surface area contributed by atoms with E-state index in [2.05, 4.69) is 26.0 Å². The summed E-state index contributed by atoms with van der Waals surface area (Å²) < 4.78 is 0. The summed E-state index contributed by atoms with van der Waals surface area (Å²) in [5.41, 5.74) is 3.79. The fourth-order valence-corrected chi connectivity index (χ4v) is 2.53. The lowest BCUT2D eigenvalue weighted by molar-refractivity contribution is 0.403. The van der Waals surface area contributed by atoms with Gasteiger partial charge >= 0.3 is 0 Å². The first-order chi connectivity index (χ1) is 9.65. The Hall–Kier alpha value is -1.96. The van der Waals surface area contributed by atoms with Crippen molar-refractivity contribution in [2.45, 2.75) is 39.5 Å². The lowest BCUT2D eigenvalue weighted by atomic mass is 9.88. The van der Waals surface area contributed by atoms with Gasteiger partial charge in [-0.05, 0) is 61.1 Å². The minimum atomic E-state index is 0.252. The van der Waals surface area contributed by atoms with E-state index in [4.69, 9.17) is 0 Å². The minimum absolute atomic E-state index is 0.252. The van der Waals surface area contributed by atoms with Gasteiger partial charge in [-0.3, -0.25) is 0 Å². The molecule has 0 heterocycles. The number of aliphatic hydroxyl groups excluding tert-OH is 2. The van der Waals surface area contributed by atoms with Crippen molar-refractivity contribution in [3.05, 3.63) is 70.3 Å². The van der Waals surface area contributed by atoms with Crippen molar-refractivity contribution < 1.29 is 10.2 Å². The third-order valence-electron chi connectivity index (χ3n) is 3.50. The predicted molar refractivity (Wildman–Crippen MR) is 83.6 cm³/mol. The maximum Gasteiger partial charge on any atom is 0.119 e. The highest BCUT2D eigenvalue weighted by molar-refractivity contribution is 5.60. The molecule has 0 saturated heterocycles. The third-order valence-corrected chi connectivity index (χ3v) is 3.50. The molecule has 0 aromatic rings. The maximum absolute atomic E-state index is 10.1. The van der Waals surface area contributed by atoms with Gasteiger partial charge in [0.1, 0.15) is 11.5 Å². The fraction of sp³-hybridized carbons (Fsp3) is 0.333. The van der Waals surface area contributed by atoms with Crippen molar-refractivity contribution >= 4 is 0 Å². The number of allylic oxidation sites excluding steroid dienone is 10. The summed E-state index contributed by atoms with van der Waals surface area (Å²) in [5.74, 6) is 0.504. The van der Waals surface area contributed by atoms with Crippen molar-refractivity contribution in [1.82, 2.24) is 0 Å². The summed E-state index contributed by atoms with van der Waals surface area (Å²) in [6, 6.07) is 0. The minimum Gasteiger partial charge on any atom is -0.508 e. The average molecular weight is 270 g/mol. The van der Waals surface area contributed by atoms with Crippen LogP contribution in [0.2, 0.25) is 0 Å². The molecule has 2 nitrogen and oxygen atoms in total. The van der Waals surface area contributed by atoms with Gasteiger partial charge in [-0.2, -0.15) is 0 Å². The Morgan fingerprint density at radius 1 is 0.850 bits per heavy atom. The Labute approximate surface area is 120 Å². The molecule has 0 fully saturated rings. The fourth-order valence-electron chi connectivity index (χ4n) is 2.53. The summed E-state index contributed by atoms with van der Waals surface area (Å²) in [5, 5.41) is 20.2. The molecule has 0 bridgehead atoms. The van der Waals surface area contributed by atoms with Gasteiger partial charge in [0.2, 0.25) is 0 Å². The lowest BCUT2D eigenvalue weighted by Crippen LogP contribution is -2.05. The number of hydrogen-bond donors (Lipinski definition) is 2. The molecule has 0 aromatic heterocycles. The van der Waals surface area contributed by atoms with E-state index in [0.717, 1.165) is 25.7 Å². The van der Waals surface area contributed by atoms with E-state index in [1.807, 2.05) is 24.3 Å². The van der Waals surface area contributed by atoms with Crippen LogP contribution < -0.4 is 0 Å². The molecule has 20 heavy (non-hydrogen) atoms. The highest BCUT2D eigenvalue weighted by Crippen LogP contribution is 2.33. The molecule has 106 valence electrons. The number of rotatable bonds is 3. The number of hydrogen-bond acceptors (Lipinski definition) is 2. The first-order valence-electron chi connectivity index (χ1n) is 7.26. The van der Waals surface area contributed by atoms with Crippen LogP contribution >= 0.6 is 0 Å². The van der Waals surface area contributed by atoms with E-state index in [1.54, 1.807) is 0 Å². The van der Waals surface area contributed by atoms with E-state index in [0.29, 0.717) is 11.1 Å². The van der Waals surface area contributed by atoms with Crippen LogP contribution in [-0.4, -0.2) is 10.2 Å². The van der Waals surface area contributed by atoms with Crippen LogP contribution in [-0.2, 0) is 0 Å². The van der Waals surface area contributed by atoms with Crippen molar-refractivity contribution in [1.29, 1.82) is 0 Å². The van der Waals surface area contributed by atoms with Crippen LogP contribution in [0.1, 0.15) is 39.5 Å². The molecule has 0 aromatic carbocycles. The number of aliphatic hydroxyl groups is 2. The topological polar surface area (TPSA) is 40.5 Å². The van der Waals surface area contributed by atoms with Crippen molar-refractivity contribution in [3.63, 3.8) is 0 Å². The zero-order valence-electron chi connectivity index (χ0n) is 12.2. The highest BCUT2D eigenvalue weighted by Gasteiger charge is 2.20. The second-order valence-corrected chi connectivity index (χ2v) is 5.08. The van der Waals surface area contributed by atoms with Gasteiger partial charge in [0.25, 0.3) is 0 Å². The van der Waals surface area contributed by atoms with E-state index < -0.39 is 0 Å². The molecule has 0 saturated carbocycles. The molecule has 0 unspecified atom stereocenters. The van der Waals surface area contributed by atoms with E-state index in [-0.39, 0.29) is 11.5 Å². The molecule has 2 N–H and O–H groups in total. The first kappa shape index (κ1) is 14.4. The van der Waals surface area contributed by atoms with Crippen molar-refractivity contribution in [2.75, 3.05) is 0 Å². The van der Waals surface area contributed by atoms with Gasteiger partial charge in [-0.1, -0.05) is 26.0 Å². The third kappa shape index (κ3) is 3.13. The molecule has 2 aliphatic carbocycles. The molecule has 0 amide bonds. The molecular formula is C18H22O2. The van der Waals surface area contributed by atoms with Crippen LogP contribution in [0.25, 0.3) is 0 Å². The largest absolute Gasteiger partial charge is 0.508 e. The summed E-state index contributed by atoms with van der Waals surface area (Å²) in [7, 11) is 0. The maximum atomic E-state index is 10.1. The van der Waals surface area contributed by atoms with Gasteiger partial charge in [-0.15, -0.1) is 0 Å². The van der Waals surface area contributed by atoms with Crippen molar-refractivity contribution in [2.24, 2.45) is 0 Å². The normalized spacial score (nSPS) is 23.3. The smallest absolute Gasteiger partial charge is 0.119 e. The van der Waals surface area contributed by atoms with Crippen molar-refractivity contribution in [3.8, 4) is 0 Å². The van der Waals surface area contributed by atoms with Crippen LogP contribution in [0.15, 0.2) is 70.3 Å². The average Bonchev–Trinajstić information content (AvgIpc) is 2.44. The van der Waals surface area contributed by atoms with Gasteiger partial charge < -0.3 is 10.2 Å². The zero-order chi connectivity index (χ0) is 14.5. The molecular weight excluding hydrogens is 248 g/mol. The molecule has 2 aliphatic rings. The summed E-state index contributed by atoms with van der Waals surface area (Å²) in [6.07, 6.45) is 15.3. The van der Waals surface area contributed by atoms with Crippen LogP contribution in [0, 0.1) is 0 Å². The van der Waals surface area contributed by atoms with Gasteiger partial charge in [0, 0.05) is 11.1 Å². The molecule has 0 aliphatic heterocycles. The van der Waals surface area contributed by atoms with E-state index in [1.165, 1.54) is 11.1 Å². The second kappa shape index (κ2) is 6.47. The SMILES string of the molecule is CCC=C1C=C(C2=CC(=CCC)CC=C2O)C(O)=CC1. The van der Waals surface area contributed by atoms with Crippen LogP contribution in [0.4, 0.5) is 0 Å². The zero-order valence-corrected chi connectivity index (χ0v) is 12.2. The summed E-state index contributed by atoms with van der Waals surface area (Å²) >= 11 is 0. The first-order valence-corrected chi connectivity index (χ1v) is 7.26. The Morgan fingerprint density at radius 2 is 1.25 bits per heavy atom. The Morgan fingerprint density at radius 3 is 1.60 bits per heavy atom. The molecule has 2 rings (SSSR count). The van der Waals surface area contributed by atoms with Gasteiger partial charge in [0.15, 0.2) is 0 Å². The summed E-state index contributed by atoms with van der Waals surface area (Å²) in [4.78, 5) is 0. The molecule has 0 spiro atoms. The highest BCUT2D eigenvalue weighted by atomic mass is 16.3. The molecule has 0 atom stereocenters. The molecule has 2 heteroatoms. The predicted octanol–water partition coefficient (Wildman–Crippen LogP) is 5.20. The summed E-state index contributed by atoms with van der Waals surface area (Å²) in [6.45, 7) is 4.19. The van der Waals surface area contributed by atoms with Crippen LogP contribution in [0.5, 0.6) is 0 Å². The van der Waals surface area contributed by atoms with E-state index in [9.17, 15) is 10.2 Å². The second-order valence-electron chi connectivity index (χ2n) is 5.08. The Balaban J connectivity index is 2.41. The van der Waals surface area contributed by atoms with Gasteiger partial charge in [0.05, 0.1) is 0 Å². The standard InChI is InChI=1S/C18H22O2/c1-3-5-13-7-9-17(19)15(11-13)16-12-14(6-4-2)8-10-18(16)20/h5-6,9-12,19-20H,3-4,7-8H2,1-2H3. The lowest BCUT2D eigenvalue weighted by Gasteiger charge is -2.19. The van der Waals surface area contributed by atoms with E-state index >= 15 is 0 Å². The van der Waals surface area contributed by atoms with Crippen LogP contribution in [0.3, 0.4) is 0 Å². The Bertz CT molecular complexity index is 514.